The van der Waals surface area contributed by atoms with Crippen LogP contribution < -0.4 is 10.6 Å². The summed E-state index contributed by atoms with van der Waals surface area (Å²) in [4.78, 5) is 13.8. The van der Waals surface area contributed by atoms with Crippen LogP contribution in [0.25, 0.3) is 22.3 Å². The van der Waals surface area contributed by atoms with E-state index in [-0.39, 0.29) is 0 Å². The van der Waals surface area contributed by atoms with Gasteiger partial charge in [0.1, 0.15) is 11.0 Å². The zero-order valence-corrected chi connectivity index (χ0v) is 16.2. The van der Waals surface area contributed by atoms with Gasteiger partial charge >= 0.3 is 0 Å². The Morgan fingerprint density at radius 3 is 2.45 bits per heavy atom. The predicted molar refractivity (Wildman–Crippen MR) is 117 cm³/mol. The molecule has 29 heavy (non-hydrogen) atoms. The monoisotopic (exact) mass is 381 g/mol. The molecule has 0 atom stereocenters. The standard InChI is InChI=1S/C24H23N5/c1-2-4-19(5-3-1)21-16-27-22-14-26-15-23(24(22)29-21)28-20-8-6-17(7-9-20)18-10-12-25-13-11-18/h1-9,14-16,18,25,28H,10-13H2. The molecule has 0 amide bonds. The van der Waals surface area contributed by atoms with Crippen LogP contribution >= 0.6 is 0 Å². The highest BCUT2D eigenvalue weighted by atomic mass is 14.9. The topological polar surface area (TPSA) is 62.7 Å². The molecule has 1 aliphatic heterocycles. The molecular weight excluding hydrogens is 358 g/mol. The summed E-state index contributed by atoms with van der Waals surface area (Å²) in [5.41, 5.74) is 6.82. The summed E-state index contributed by atoms with van der Waals surface area (Å²) in [6.45, 7) is 2.21. The van der Waals surface area contributed by atoms with Crippen molar-refractivity contribution in [3.63, 3.8) is 0 Å². The summed E-state index contributed by atoms with van der Waals surface area (Å²) in [7, 11) is 0. The fourth-order valence-corrected chi connectivity index (χ4v) is 3.92. The van der Waals surface area contributed by atoms with Crippen LogP contribution in [0.3, 0.4) is 0 Å². The van der Waals surface area contributed by atoms with Crippen molar-refractivity contribution in [2.75, 3.05) is 18.4 Å². The van der Waals surface area contributed by atoms with Gasteiger partial charge in [-0.1, -0.05) is 42.5 Å². The number of hydrogen-bond donors (Lipinski definition) is 2. The average molecular weight is 381 g/mol. The fourth-order valence-electron chi connectivity index (χ4n) is 3.92. The maximum atomic E-state index is 4.86. The van der Waals surface area contributed by atoms with E-state index in [1.165, 1.54) is 18.4 Å². The third kappa shape index (κ3) is 3.82. The van der Waals surface area contributed by atoms with E-state index in [1.807, 2.05) is 36.5 Å². The molecule has 0 bridgehead atoms. The lowest BCUT2D eigenvalue weighted by molar-refractivity contribution is 0.460. The Bertz CT molecular complexity index is 1100. The molecule has 2 aromatic carbocycles. The Kier molecular flexibility index (Phi) is 4.88. The number of fused-ring (bicyclic) bond motifs is 1. The Balaban J connectivity index is 1.44. The number of piperidine rings is 1. The molecule has 1 fully saturated rings. The second kappa shape index (κ2) is 7.97. The molecule has 0 unspecified atom stereocenters. The molecule has 0 saturated carbocycles. The maximum Gasteiger partial charge on any atom is 0.116 e. The highest BCUT2D eigenvalue weighted by molar-refractivity contribution is 5.89. The van der Waals surface area contributed by atoms with Gasteiger partial charge in [0.05, 0.1) is 30.0 Å². The summed E-state index contributed by atoms with van der Waals surface area (Å²) in [6, 6.07) is 18.9. The largest absolute Gasteiger partial charge is 0.352 e. The zero-order valence-electron chi connectivity index (χ0n) is 16.2. The van der Waals surface area contributed by atoms with E-state index in [0.717, 1.165) is 46.8 Å². The molecule has 5 nitrogen and oxygen atoms in total. The minimum absolute atomic E-state index is 0.656. The van der Waals surface area contributed by atoms with Crippen LogP contribution in [0.15, 0.2) is 73.2 Å². The predicted octanol–water partition coefficient (Wildman–Crippen LogP) is 4.90. The van der Waals surface area contributed by atoms with Crippen molar-refractivity contribution >= 4 is 22.4 Å². The van der Waals surface area contributed by atoms with Crippen LogP contribution in [-0.2, 0) is 0 Å². The Morgan fingerprint density at radius 2 is 1.66 bits per heavy atom. The Morgan fingerprint density at radius 1 is 0.862 bits per heavy atom. The van der Waals surface area contributed by atoms with Crippen LogP contribution in [-0.4, -0.2) is 28.0 Å². The molecule has 144 valence electrons. The van der Waals surface area contributed by atoms with Crippen LogP contribution in [0.1, 0.15) is 24.3 Å². The van der Waals surface area contributed by atoms with Gasteiger partial charge in [-0.15, -0.1) is 0 Å². The first-order valence-electron chi connectivity index (χ1n) is 10.1. The minimum atomic E-state index is 0.656. The number of pyridine rings is 1. The molecule has 2 aromatic heterocycles. The molecule has 3 heterocycles. The number of anilines is 2. The van der Waals surface area contributed by atoms with Crippen molar-refractivity contribution < 1.29 is 0 Å². The molecule has 0 radical (unpaired) electrons. The number of hydrogen-bond acceptors (Lipinski definition) is 5. The lowest BCUT2D eigenvalue weighted by Crippen LogP contribution is -2.26. The molecule has 5 rings (SSSR count). The first-order valence-corrected chi connectivity index (χ1v) is 10.1. The van der Waals surface area contributed by atoms with Gasteiger partial charge in [0.15, 0.2) is 0 Å². The van der Waals surface area contributed by atoms with Crippen molar-refractivity contribution in [3.8, 4) is 11.3 Å². The van der Waals surface area contributed by atoms with E-state index in [0.29, 0.717) is 5.92 Å². The van der Waals surface area contributed by atoms with Gasteiger partial charge in [-0.3, -0.25) is 9.97 Å². The second-order valence-corrected chi connectivity index (χ2v) is 7.45. The summed E-state index contributed by atoms with van der Waals surface area (Å²) < 4.78 is 0. The Labute approximate surface area is 170 Å². The van der Waals surface area contributed by atoms with E-state index < -0.39 is 0 Å². The number of rotatable bonds is 4. The summed E-state index contributed by atoms with van der Waals surface area (Å²) in [5, 5.41) is 6.91. The van der Waals surface area contributed by atoms with Crippen molar-refractivity contribution in [1.29, 1.82) is 0 Å². The lowest BCUT2D eigenvalue weighted by atomic mass is 9.90. The quantitative estimate of drug-likeness (QED) is 0.526. The summed E-state index contributed by atoms with van der Waals surface area (Å²) in [5.74, 6) is 0.656. The van der Waals surface area contributed by atoms with Crippen molar-refractivity contribution in [2.24, 2.45) is 0 Å². The van der Waals surface area contributed by atoms with Crippen LogP contribution in [0.2, 0.25) is 0 Å². The third-order valence-electron chi connectivity index (χ3n) is 5.53. The minimum Gasteiger partial charge on any atom is -0.352 e. The fraction of sp³-hybridized carbons (Fsp3) is 0.208. The van der Waals surface area contributed by atoms with Gasteiger partial charge in [-0.25, -0.2) is 4.98 Å². The SMILES string of the molecule is c1ccc(-c2cnc3cncc(Nc4ccc(C5CCNCC5)cc4)c3n2)cc1. The normalized spacial score (nSPS) is 14.8. The van der Waals surface area contributed by atoms with Gasteiger partial charge < -0.3 is 10.6 Å². The average Bonchev–Trinajstić information content (AvgIpc) is 2.81. The molecule has 2 N–H and O–H groups in total. The molecule has 1 saturated heterocycles. The summed E-state index contributed by atoms with van der Waals surface area (Å²) >= 11 is 0. The maximum absolute atomic E-state index is 4.86. The number of nitrogens with zero attached hydrogens (tertiary/aromatic N) is 3. The van der Waals surface area contributed by atoms with E-state index in [9.17, 15) is 0 Å². The number of benzene rings is 2. The smallest absolute Gasteiger partial charge is 0.116 e. The van der Waals surface area contributed by atoms with Crippen LogP contribution in [0, 0.1) is 0 Å². The third-order valence-corrected chi connectivity index (χ3v) is 5.53. The lowest BCUT2D eigenvalue weighted by Gasteiger charge is -2.23. The highest BCUT2D eigenvalue weighted by Crippen LogP contribution is 2.29. The van der Waals surface area contributed by atoms with E-state index in [2.05, 4.69) is 44.9 Å². The molecular formula is C24H23N5. The van der Waals surface area contributed by atoms with Crippen molar-refractivity contribution in [3.05, 3.63) is 78.8 Å². The highest BCUT2D eigenvalue weighted by Gasteiger charge is 2.15. The van der Waals surface area contributed by atoms with Crippen molar-refractivity contribution in [2.45, 2.75) is 18.8 Å². The van der Waals surface area contributed by atoms with E-state index >= 15 is 0 Å². The van der Waals surface area contributed by atoms with E-state index in [1.54, 1.807) is 12.4 Å². The molecule has 1 aliphatic rings. The van der Waals surface area contributed by atoms with Gasteiger partial charge in [0, 0.05) is 11.3 Å². The van der Waals surface area contributed by atoms with Gasteiger partial charge in [-0.05, 0) is 49.5 Å². The molecule has 4 aromatic rings. The Hall–Kier alpha value is -3.31. The van der Waals surface area contributed by atoms with Gasteiger partial charge in [0.25, 0.3) is 0 Å². The van der Waals surface area contributed by atoms with Crippen LogP contribution in [0.5, 0.6) is 0 Å². The van der Waals surface area contributed by atoms with E-state index in [4.69, 9.17) is 4.98 Å². The number of aromatic nitrogens is 3. The van der Waals surface area contributed by atoms with Crippen molar-refractivity contribution in [1.82, 2.24) is 20.3 Å². The van der Waals surface area contributed by atoms with Gasteiger partial charge in [0.2, 0.25) is 0 Å². The van der Waals surface area contributed by atoms with Gasteiger partial charge in [-0.2, -0.15) is 0 Å². The molecule has 0 aliphatic carbocycles. The second-order valence-electron chi connectivity index (χ2n) is 7.45. The van der Waals surface area contributed by atoms with Crippen LogP contribution in [0.4, 0.5) is 11.4 Å². The summed E-state index contributed by atoms with van der Waals surface area (Å²) in [6.07, 6.45) is 7.78. The molecule has 5 heteroatoms. The first-order chi connectivity index (χ1) is 14.4. The first kappa shape index (κ1) is 17.8. The molecule has 0 spiro atoms. The zero-order chi connectivity index (χ0) is 19.5. The number of nitrogens with one attached hydrogen (secondary N) is 2.